The highest BCUT2D eigenvalue weighted by Gasteiger charge is 2.24. The van der Waals surface area contributed by atoms with Gasteiger partial charge in [0.2, 0.25) is 0 Å². The second kappa shape index (κ2) is 5.63. The third-order valence-electron chi connectivity index (χ3n) is 2.95. The Morgan fingerprint density at radius 2 is 2.20 bits per heavy atom. The van der Waals surface area contributed by atoms with E-state index in [0.29, 0.717) is 11.4 Å². The number of hydrogen-bond acceptors (Lipinski definition) is 5. The van der Waals surface area contributed by atoms with E-state index in [-0.39, 0.29) is 6.17 Å². The molecular weight excluding hydrogens is 214 g/mol. The first kappa shape index (κ1) is 11.1. The van der Waals surface area contributed by atoms with E-state index in [9.17, 15) is 0 Å². The number of rotatable bonds is 4. The van der Waals surface area contributed by atoms with Crippen molar-refractivity contribution in [2.75, 3.05) is 13.2 Å². The molecule has 0 amide bonds. The van der Waals surface area contributed by atoms with Crippen LogP contribution in [0.1, 0.15) is 25.7 Å². The van der Waals surface area contributed by atoms with Gasteiger partial charge in [-0.15, -0.1) is 11.6 Å². The monoisotopic (exact) mass is 231 g/mol. The summed E-state index contributed by atoms with van der Waals surface area (Å²) in [5.41, 5.74) is 2.93. The van der Waals surface area contributed by atoms with E-state index in [1.165, 1.54) is 12.8 Å². The maximum Gasteiger partial charge on any atom is 0.0978 e. The highest BCUT2D eigenvalue weighted by Crippen LogP contribution is 2.23. The van der Waals surface area contributed by atoms with Crippen molar-refractivity contribution in [2.24, 2.45) is 10.3 Å². The van der Waals surface area contributed by atoms with Crippen molar-refractivity contribution in [1.29, 1.82) is 0 Å². The first-order valence-electron chi connectivity index (χ1n) is 5.59. The van der Waals surface area contributed by atoms with Gasteiger partial charge >= 0.3 is 0 Å². The lowest BCUT2D eigenvalue weighted by Gasteiger charge is -2.22. The van der Waals surface area contributed by atoms with Crippen molar-refractivity contribution >= 4 is 11.6 Å². The Balaban J connectivity index is 1.60. The third kappa shape index (κ3) is 3.29. The molecule has 0 spiro atoms. The first-order chi connectivity index (χ1) is 7.36. The molecule has 15 heavy (non-hydrogen) atoms. The molecule has 1 fully saturated rings. The van der Waals surface area contributed by atoms with Crippen molar-refractivity contribution in [2.45, 2.75) is 43.3 Å². The summed E-state index contributed by atoms with van der Waals surface area (Å²) >= 11 is 6.16. The van der Waals surface area contributed by atoms with Crippen LogP contribution in [0.4, 0.5) is 0 Å². The lowest BCUT2D eigenvalue weighted by molar-refractivity contribution is 0.348. The highest BCUT2D eigenvalue weighted by molar-refractivity contribution is 6.21. The van der Waals surface area contributed by atoms with Gasteiger partial charge in [-0.05, 0) is 12.8 Å². The third-order valence-corrected chi connectivity index (χ3v) is 3.47. The Labute approximate surface area is 95.0 Å². The number of halogens is 1. The van der Waals surface area contributed by atoms with Crippen molar-refractivity contribution in [3.63, 3.8) is 0 Å². The number of nitrogens with zero attached hydrogens (tertiary/aromatic N) is 2. The number of nitrogens with one attached hydrogen (secondary N) is 3. The minimum atomic E-state index is 0.241. The molecule has 1 saturated carbocycles. The van der Waals surface area contributed by atoms with Gasteiger partial charge in [0, 0.05) is 24.5 Å². The van der Waals surface area contributed by atoms with Crippen LogP contribution in [0.5, 0.6) is 0 Å². The standard InChI is InChI=1S/C9H18ClN5/c10-7-2-1-3-8(7)11-6-12-9-4-5-13-15-14-9/h7-9,11-12H,1-6H2,(H,13,14). The van der Waals surface area contributed by atoms with E-state index < -0.39 is 0 Å². The Kier molecular flexibility index (Phi) is 4.17. The minimum absolute atomic E-state index is 0.241. The molecule has 6 heteroatoms. The van der Waals surface area contributed by atoms with Crippen LogP contribution in [0.2, 0.25) is 0 Å². The van der Waals surface area contributed by atoms with Crippen LogP contribution in [0, 0.1) is 0 Å². The van der Waals surface area contributed by atoms with Crippen molar-refractivity contribution < 1.29 is 0 Å². The Morgan fingerprint density at radius 3 is 2.87 bits per heavy atom. The largest absolute Gasteiger partial charge is 0.300 e. The Morgan fingerprint density at radius 1 is 1.27 bits per heavy atom. The average Bonchev–Trinajstić information content (AvgIpc) is 2.66. The Bertz CT molecular complexity index is 223. The quantitative estimate of drug-likeness (QED) is 0.499. The lowest BCUT2D eigenvalue weighted by atomic mass is 10.2. The number of alkyl halides is 1. The van der Waals surface area contributed by atoms with Gasteiger partial charge < -0.3 is 5.32 Å². The van der Waals surface area contributed by atoms with Gasteiger partial charge in [-0.3, -0.25) is 10.7 Å². The molecule has 3 atom stereocenters. The molecule has 86 valence electrons. The normalized spacial score (nSPS) is 35.4. The summed E-state index contributed by atoms with van der Waals surface area (Å²) in [6.45, 7) is 1.58. The molecule has 0 saturated heterocycles. The summed E-state index contributed by atoms with van der Waals surface area (Å²) in [7, 11) is 0. The topological polar surface area (TPSA) is 60.8 Å². The molecule has 2 rings (SSSR count). The predicted molar refractivity (Wildman–Crippen MR) is 59.7 cm³/mol. The van der Waals surface area contributed by atoms with Crippen LogP contribution in [-0.2, 0) is 0 Å². The smallest absolute Gasteiger partial charge is 0.0978 e. The molecule has 0 bridgehead atoms. The molecule has 0 aromatic rings. The van der Waals surface area contributed by atoms with E-state index in [1.54, 1.807) is 0 Å². The summed E-state index contributed by atoms with van der Waals surface area (Å²) in [5, 5.41) is 14.7. The summed E-state index contributed by atoms with van der Waals surface area (Å²) in [6.07, 6.45) is 4.79. The van der Waals surface area contributed by atoms with Gasteiger partial charge in [0.15, 0.2) is 0 Å². The molecule has 3 N–H and O–H groups in total. The second-order valence-electron chi connectivity index (χ2n) is 4.07. The van der Waals surface area contributed by atoms with Gasteiger partial charge in [-0.1, -0.05) is 11.6 Å². The minimum Gasteiger partial charge on any atom is -0.300 e. The molecule has 5 nitrogen and oxygen atoms in total. The van der Waals surface area contributed by atoms with Gasteiger partial charge in [0.1, 0.15) is 0 Å². The van der Waals surface area contributed by atoms with Crippen LogP contribution in [-0.4, -0.2) is 30.8 Å². The van der Waals surface area contributed by atoms with Gasteiger partial charge in [-0.25, -0.2) is 0 Å². The zero-order valence-electron chi connectivity index (χ0n) is 8.75. The first-order valence-corrected chi connectivity index (χ1v) is 6.03. The van der Waals surface area contributed by atoms with Crippen LogP contribution >= 0.6 is 11.6 Å². The second-order valence-corrected chi connectivity index (χ2v) is 4.63. The molecular formula is C9H18ClN5. The SMILES string of the molecule is ClC1CCCC1NCNC1CCN=NN1. The van der Waals surface area contributed by atoms with Gasteiger partial charge in [0.05, 0.1) is 12.7 Å². The van der Waals surface area contributed by atoms with Crippen molar-refractivity contribution in [1.82, 2.24) is 16.1 Å². The molecule has 2 aliphatic rings. The maximum atomic E-state index is 6.16. The van der Waals surface area contributed by atoms with Gasteiger partial charge in [0.25, 0.3) is 0 Å². The van der Waals surface area contributed by atoms with Crippen LogP contribution in [0.3, 0.4) is 0 Å². The van der Waals surface area contributed by atoms with E-state index in [1.807, 2.05) is 0 Å². The molecule has 1 heterocycles. The van der Waals surface area contributed by atoms with Crippen LogP contribution < -0.4 is 16.1 Å². The zero-order chi connectivity index (χ0) is 10.5. The van der Waals surface area contributed by atoms with E-state index in [2.05, 4.69) is 26.4 Å². The average molecular weight is 232 g/mol. The zero-order valence-corrected chi connectivity index (χ0v) is 9.50. The summed E-state index contributed by atoms with van der Waals surface area (Å²) in [4.78, 5) is 0. The molecule has 0 radical (unpaired) electrons. The Hall–Kier alpha value is -0.390. The van der Waals surface area contributed by atoms with Gasteiger partial charge in [-0.2, -0.15) is 5.11 Å². The molecule has 1 aliphatic heterocycles. The van der Waals surface area contributed by atoms with Crippen molar-refractivity contribution in [3.8, 4) is 0 Å². The fourth-order valence-corrected chi connectivity index (χ4v) is 2.39. The lowest BCUT2D eigenvalue weighted by Crippen LogP contribution is -2.48. The summed E-state index contributed by atoms with van der Waals surface area (Å²) < 4.78 is 0. The highest BCUT2D eigenvalue weighted by atomic mass is 35.5. The van der Waals surface area contributed by atoms with Crippen molar-refractivity contribution in [3.05, 3.63) is 0 Å². The molecule has 3 unspecified atom stereocenters. The van der Waals surface area contributed by atoms with Crippen LogP contribution in [0.15, 0.2) is 10.3 Å². The van der Waals surface area contributed by atoms with E-state index in [4.69, 9.17) is 11.6 Å². The van der Waals surface area contributed by atoms with E-state index in [0.717, 1.165) is 26.1 Å². The fourth-order valence-electron chi connectivity index (χ4n) is 2.02. The molecule has 0 aromatic heterocycles. The fraction of sp³-hybridized carbons (Fsp3) is 1.00. The molecule has 0 aromatic carbocycles. The summed E-state index contributed by atoms with van der Waals surface area (Å²) in [6, 6.07) is 0.462. The maximum absolute atomic E-state index is 6.16. The number of hydrogen-bond donors (Lipinski definition) is 3. The van der Waals surface area contributed by atoms with Crippen LogP contribution in [0.25, 0.3) is 0 Å². The molecule has 1 aliphatic carbocycles. The van der Waals surface area contributed by atoms with E-state index >= 15 is 0 Å². The predicted octanol–water partition coefficient (Wildman–Crippen LogP) is 0.970. The summed E-state index contributed by atoms with van der Waals surface area (Å²) in [5.74, 6) is 0.